The van der Waals surface area contributed by atoms with Crippen molar-refractivity contribution in [3.05, 3.63) is 0 Å². The van der Waals surface area contributed by atoms with Gasteiger partial charge in [0.25, 0.3) is 0 Å². The van der Waals surface area contributed by atoms with E-state index in [4.69, 9.17) is 0 Å². The van der Waals surface area contributed by atoms with Gasteiger partial charge < -0.3 is 9.80 Å². The summed E-state index contributed by atoms with van der Waals surface area (Å²) in [4.78, 5) is 16.4. The Morgan fingerprint density at radius 1 is 1.19 bits per heavy atom. The number of piperidine rings is 1. The first-order chi connectivity index (χ1) is 7.81. The molecule has 0 aromatic rings. The van der Waals surface area contributed by atoms with Crippen molar-refractivity contribution < 1.29 is 4.79 Å². The van der Waals surface area contributed by atoms with Crippen LogP contribution in [0.15, 0.2) is 0 Å². The highest BCUT2D eigenvalue weighted by molar-refractivity contribution is 8.00. The third kappa shape index (κ3) is 2.84. The number of carbonyl (C=O) groups is 1. The lowest BCUT2D eigenvalue weighted by molar-refractivity contribution is 0.144. The first kappa shape index (κ1) is 12.1. The molecule has 16 heavy (non-hydrogen) atoms. The quantitative estimate of drug-likeness (QED) is 0.705. The number of rotatable bonds is 1. The van der Waals surface area contributed by atoms with E-state index >= 15 is 0 Å². The number of amides is 2. The Labute approximate surface area is 103 Å². The van der Waals surface area contributed by atoms with Gasteiger partial charge in [-0.05, 0) is 25.7 Å². The molecule has 2 aliphatic heterocycles. The summed E-state index contributed by atoms with van der Waals surface area (Å²) in [6.45, 7) is 6.05. The number of hydrogen-bond donors (Lipinski definition) is 0. The minimum atomic E-state index is 0.290. The maximum Gasteiger partial charge on any atom is 0.320 e. The van der Waals surface area contributed by atoms with Gasteiger partial charge in [-0.25, -0.2) is 4.79 Å². The summed E-state index contributed by atoms with van der Waals surface area (Å²) in [5.74, 6) is 1.11. The Morgan fingerprint density at radius 3 is 2.62 bits per heavy atom. The molecule has 0 N–H and O–H groups in total. The molecule has 1 atom stereocenters. The monoisotopic (exact) mass is 242 g/mol. The van der Waals surface area contributed by atoms with Gasteiger partial charge in [0, 0.05) is 37.2 Å². The van der Waals surface area contributed by atoms with Gasteiger partial charge in [-0.1, -0.05) is 6.92 Å². The second kappa shape index (κ2) is 5.80. The third-order valence-electron chi connectivity index (χ3n) is 3.49. The molecule has 0 aromatic heterocycles. The van der Waals surface area contributed by atoms with Gasteiger partial charge in [-0.2, -0.15) is 11.8 Å². The molecule has 0 saturated carbocycles. The van der Waals surface area contributed by atoms with E-state index in [1.165, 1.54) is 25.7 Å². The molecular formula is C12H22N2OS. The van der Waals surface area contributed by atoms with E-state index in [1.807, 2.05) is 16.7 Å². The van der Waals surface area contributed by atoms with Crippen molar-refractivity contribution in [2.45, 2.75) is 37.9 Å². The van der Waals surface area contributed by atoms with E-state index in [-0.39, 0.29) is 0 Å². The molecule has 2 fully saturated rings. The molecule has 3 nitrogen and oxygen atoms in total. The summed E-state index contributed by atoms with van der Waals surface area (Å²) >= 11 is 2.02. The number of carbonyl (C=O) groups excluding carboxylic acids is 1. The Bertz CT molecular complexity index is 241. The zero-order valence-corrected chi connectivity index (χ0v) is 11.0. The number of thioether (sulfide) groups is 1. The predicted molar refractivity (Wildman–Crippen MR) is 68.9 cm³/mol. The second-order valence-corrected chi connectivity index (χ2v) is 6.09. The normalized spacial score (nSPS) is 26.9. The van der Waals surface area contributed by atoms with Gasteiger partial charge in [0.2, 0.25) is 0 Å². The van der Waals surface area contributed by atoms with Crippen LogP contribution < -0.4 is 0 Å². The fourth-order valence-electron chi connectivity index (χ4n) is 2.43. The van der Waals surface area contributed by atoms with Gasteiger partial charge >= 0.3 is 6.03 Å². The Hall–Kier alpha value is -0.380. The lowest BCUT2D eigenvalue weighted by atomic mass is 10.1. The molecule has 1 unspecified atom stereocenters. The van der Waals surface area contributed by atoms with Crippen molar-refractivity contribution in [1.82, 2.24) is 9.80 Å². The van der Waals surface area contributed by atoms with Crippen LogP contribution in [-0.4, -0.2) is 53.0 Å². The van der Waals surface area contributed by atoms with Crippen LogP contribution in [0.25, 0.3) is 0 Å². The smallest absolute Gasteiger partial charge is 0.320 e. The summed E-state index contributed by atoms with van der Waals surface area (Å²) in [6.07, 6.45) is 4.84. The van der Waals surface area contributed by atoms with Gasteiger partial charge in [0.15, 0.2) is 0 Å². The van der Waals surface area contributed by atoms with Gasteiger partial charge in [0.05, 0.1) is 0 Å². The molecule has 2 rings (SSSR count). The molecule has 2 aliphatic rings. The van der Waals surface area contributed by atoms with Gasteiger partial charge in [0.1, 0.15) is 0 Å². The fraction of sp³-hybridized carbons (Fsp3) is 0.917. The Balaban J connectivity index is 1.87. The van der Waals surface area contributed by atoms with Crippen molar-refractivity contribution in [2.24, 2.45) is 0 Å². The van der Waals surface area contributed by atoms with Crippen molar-refractivity contribution >= 4 is 17.8 Å². The topological polar surface area (TPSA) is 23.6 Å². The second-order valence-electron chi connectivity index (χ2n) is 4.68. The highest BCUT2D eigenvalue weighted by atomic mass is 32.2. The fourth-order valence-corrected chi connectivity index (χ4v) is 3.61. The van der Waals surface area contributed by atoms with E-state index in [0.717, 1.165) is 31.9 Å². The minimum absolute atomic E-state index is 0.290. The Morgan fingerprint density at radius 2 is 1.94 bits per heavy atom. The van der Waals surface area contributed by atoms with Crippen molar-refractivity contribution in [2.75, 3.05) is 31.9 Å². The van der Waals surface area contributed by atoms with Crippen molar-refractivity contribution in [3.8, 4) is 0 Å². The predicted octanol–water partition coefficient (Wildman–Crippen LogP) is 2.42. The summed E-state index contributed by atoms with van der Waals surface area (Å²) in [5.41, 5.74) is 0. The summed E-state index contributed by atoms with van der Waals surface area (Å²) in [7, 11) is 0. The molecule has 0 spiro atoms. The van der Waals surface area contributed by atoms with Crippen LogP contribution >= 0.6 is 11.8 Å². The van der Waals surface area contributed by atoms with E-state index in [9.17, 15) is 4.79 Å². The highest BCUT2D eigenvalue weighted by Crippen LogP contribution is 2.22. The van der Waals surface area contributed by atoms with Crippen LogP contribution in [0, 0.1) is 0 Å². The Kier molecular flexibility index (Phi) is 4.38. The van der Waals surface area contributed by atoms with Gasteiger partial charge in [-0.3, -0.25) is 0 Å². The van der Waals surface area contributed by atoms with Crippen molar-refractivity contribution in [1.29, 1.82) is 0 Å². The molecular weight excluding hydrogens is 220 g/mol. The summed E-state index contributed by atoms with van der Waals surface area (Å²) in [5, 5.41) is 0.655. The van der Waals surface area contributed by atoms with E-state index in [2.05, 4.69) is 11.8 Å². The average molecular weight is 242 g/mol. The first-order valence-corrected chi connectivity index (χ1v) is 7.51. The van der Waals surface area contributed by atoms with Crippen molar-refractivity contribution in [3.63, 3.8) is 0 Å². The third-order valence-corrected chi connectivity index (χ3v) is 4.86. The zero-order chi connectivity index (χ0) is 11.4. The highest BCUT2D eigenvalue weighted by Gasteiger charge is 2.27. The van der Waals surface area contributed by atoms with E-state index in [1.54, 1.807) is 0 Å². The lowest BCUT2D eigenvalue weighted by Gasteiger charge is -2.37. The molecule has 2 heterocycles. The van der Waals surface area contributed by atoms with Crippen LogP contribution in [0.3, 0.4) is 0 Å². The molecule has 0 radical (unpaired) electrons. The molecule has 2 saturated heterocycles. The minimum Gasteiger partial charge on any atom is -0.325 e. The van der Waals surface area contributed by atoms with E-state index < -0.39 is 0 Å². The molecule has 4 heteroatoms. The first-order valence-electron chi connectivity index (χ1n) is 6.46. The lowest BCUT2D eigenvalue weighted by Crippen LogP contribution is -2.50. The maximum atomic E-state index is 12.3. The van der Waals surface area contributed by atoms with Crippen LogP contribution in [-0.2, 0) is 0 Å². The average Bonchev–Trinajstić information content (AvgIpc) is 2.39. The van der Waals surface area contributed by atoms with Crippen LogP contribution in [0.4, 0.5) is 4.79 Å². The van der Waals surface area contributed by atoms with E-state index in [0.29, 0.717) is 11.3 Å². The maximum absolute atomic E-state index is 12.3. The zero-order valence-electron chi connectivity index (χ0n) is 10.2. The number of hydrogen-bond acceptors (Lipinski definition) is 2. The number of likely N-dealkylation sites (tertiary alicyclic amines) is 1. The SMILES string of the molecule is CCC1CN(C(=O)N2CCCCC2)CCS1. The molecule has 0 bridgehead atoms. The molecule has 2 amide bonds. The molecule has 92 valence electrons. The number of urea groups is 1. The summed E-state index contributed by atoms with van der Waals surface area (Å²) < 4.78 is 0. The standard InChI is InChI=1S/C12H22N2OS/c1-2-11-10-14(8-9-16-11)12(15)13-6-4-3-5-7-13/h11H,2-10H2,1H3. The summed E-state index contributed by atoms with van der Waals surface area (Å²) in [6, 6.07) is 0.290. The van der Waals surface area contributed by atoms with Crippen LogP contribution in [0.1, 0.15) is 32.6 Å². The van der Waals surface area contributed by atoms with Crippen LogP contribution in [0.2, 0.25) is 0 Å². The largest absolute Gasteiger partial charge is 0.325 e. The van der Waals surface area contributed by atoms with Crippen LogP contribution in [0.5, 0.6) is 0 Å². The molecule has 0 aliphatic carbocycles. The molecule has 0 aromatic carbocycles. The van der Waals surface area contributed by atoms with Gasteiger partial charge in [-0.15, -0.1) is 0 Å². The number of nitrogens with zero attached hydrogens (tertiary/aromatic N) is 2.